The number of carbonyl (C=O) groups is 1. The smallest absolute Gasteiger partial charge is 0.264 e. The van der Waals surface area contributed by atoms with Crippen LogP contribution >= 0.6 is 23.4 Å². The van der Waals surface area contributed by atoms with Crippen molar-refractivity contribution in [3.8, 4) is 0 Å². The number of nitrogens with zero attached hydrogens (tertiary/aromatic N) is 4. The number of rotatable bonds is 5. The number of benzene rings is 2. The SMILES string of the molecule is Cn1ncc2c(=O)n(CC(=O)Nc3ccc(Sc4ccccc4Cl)cc3)cnc21. The Kier molecular flexibility index (Phi) is 5.37. The van der Waals surface area contributed by atoms with Crippen LogP contribution in [-0.4, -0.2) is 25.2 Å². The number of halogens is 1. The van der Waals surface area contributed by atoms with Gasteiger partial charge in [0.2, 0.25) is 5.91 Å². The molecule has 2 aromatic carbocycles. The summed E-state index contributed by atoms with van der Waals surface area (Å²) in [5.74, 6) is -0.316. The van der Waals surface area contributed by atoms with Crippen molar-refractivity contribution < 1.29 is 4.79 Å². The fourth-order valence-electron chi connectivity index (χ4n) is 2.80. The van der Waals surface area contributed by atoms with E-state index in [-0.39, 0.29) is 18.0 Å². The van der Waals surface area contributed by atoms with Crippen molar-refractivity contribution in [3.05, 3.63) is 76.4 Å². The number of aryl methyl sites for hydroxylation is 1. The number of carbonyl (C=O) groups excluding carboxylic acids is 1. The van der Waals surface area contributed by atoms with Crippen LogP contribution < -0.4 is 10.9 Å². The molecule has 2 aromatic heterocycles. The average Bonchev–Trinajstić information content (AvgIpc) is 3.09. The maximum absolute atomic E-state index is 12.5. The van der Waals surface area contributed by atoms with Gasteiger partial charge in [0.1, 0.15) is 18.3 Å². The van der Waals surface area contributed by atoms with Crippen LogP contribution in [0.25, 0.3) is 11.0 Å². The van der Waals surface area contributed by atoms with E-state index in [1.807, 2.05) is 48.5 Å². The monoisotopic (exact) mass is 425 g/mol. The minimum absolute atomic E-state index is 0.132. The van der Waals surface area contributed by atoms with Gasteiger partial charge < -0.3 is 5.32 Å². The van der Waals surface area contributed by atoms with Crippen molar-refractivity contribution in [2.75, 3.05) is 5.32 Å². The summed E-state index contributed by atoms with van der Waals surface area (Å²) in [7, 11) is 1.71. The van der Waals surface area contributed by atoms with Crippen molar-refractivity contribution in [2.24, 2.45) is 7.05 Å². The van der Waals surface area contributed by atoms with Crippen molar-refractivity contribution in [1.82, 2.24) is 19.3 Å². The zero-order valence-corrected chi connectivity index (χ0v) is 16.9. The van der Waals surface area contributed by atoms with E-state index in [2.05, 4.69) is 15.4 Å². The molecule has 0 radical (unpaired) electrons. The highest BCUT2D eigenvalue weighted by molar-refractivity contribution is 7.99. The Balaban J connectivity index is 1.43. The Labute approximate surface area is 175 Å². The fraction of sp³-hybridized carbons (Fsp3) is 0.100. The van der Waals surface area contributed by atoms with Gasteiger partial charge >= 0.3 is 0 Å². The normalized spacial score (nSPS) is 11.0. The molecule has 0 aliphatic heterocycles. The maximum Gasteiger partial charge on any atom is 0.264 e. The second kappa shape index (κ2) is 8.10. The minimum Gasteiger partial charge on any atom is -0.325 e. The third kappa shape index (κ3) is 4.18. The van der Waals surface area contributed by atoms with E-state index in [0.717, 1.165) is 9.79 Å². The quantitative estimate of drug-likeness (QED) is 0.528. The minimum atomic E-state index is -0.316. The Morgan fingerprint density at radius 2 is 1.93 bits per heavy atom. The highest BCUT2D eigenvalue weighted by Gasteiger charge is 2.11. The lowest BCUT2D eigenvalue weighted by Crippen LogP contribution is -2.27. The first-order valence-electron chi connectivity index (χ1n) is 8.71. The molecule has 0 fully saturated rings. The second-order valence-electron chi connectivity index (χ2n) is 6.29. The molecule has 0 saturated heterocycles. The van der Waals surface area contributed by atoms with Gasteiger partial charge in [-0.3, -0.25) is 18.8 Å². The average molecular weight is 426 g/mol. The number of amides is 1. The summed E-state index contributed by atoms with van der Waals surface area (Å²) in [4.78, 5) is 31.0. The van der Waals surface area contributed by atoms with Gasteiger partial charge in [-0.05, 0) is 36.4 Å². The topological polar surface area (TPSA) is 81.8 Å². The first-order chi connectivity index (χ1) is 14.0. The highest BCUT2D eigenvalue weighted by atomic mass is 35.5. The van der Waals surface area contributed by atoms with E-state index < -0.39 is 0 Å². The van der Waals surface area contributed by atoms with Crippen LogP contribution in [0.5, 0.6) is 0 Å². The summed E-state index contributed by atoms with van der Waals surface area (Å²) in [5.41, 5.74) is 0.824. The molecule has 0 saturated carbocycles. The molecule has 0 bridgehead atoms. The van der Waals surface area contributed by atoms with Crippen LogP contribution in [0.2, 0.25) is 5.02 Å². The molecule has 2 heterocycles. The van der Waals surface area contributed by atoms with Gasteiger partial charge in [0, 0.05) is 22.5 Å². The van der Waals surface area contributed by atoms with Crippen LogP contribution in [0.3, 0.4) is 0 Å². The third-order valence-electron chi connectivity index (χ3n) is 4.23. The van der Waals surface area contributed by atoms with E-state index in [0.29, 0.717) is 21.7 Å². The van der Waals surface area contributed by atoms with Crippen LogP contribution in [0.4, 0.5) is 5.69 Å². The van der Waals surface area contributed by atoms with Crippen LogP contribution in [0, 0.1) is 0 Å². The molecule has 1 amide bonds. The molecule has 0 aliphatic rings. The summed E-state index contributed by atoms with van der Waals surface area (Å²) in [6.45, 7) is -0.132. The first-order valence-corrected chi connectivity index (χ1v) is 9.90. The molecule has 0 aliphatic carbocycles. The van der Waals surface area contributed by atoms with Gasteiger partial charge in [-0.1, -0.05) is 35.5 Å². The summed E-state index contributed by atoms with van der Waals surface area (Å²) in [6, 6.07) is 15.0. The van der Waals surface area contributed by atoms with Crippen molar-refractivity contribution in [3.63, 3.8) is 0 Å². The number of nitrogens with one attached hydrogen (secondary N) is 1. The van der Waals surface area contributed by atoms with Crippen LogP contribution in [0.1, 0.15) is 0 Å². The lowest BCUT2D eigenvalue weighted by atomic mass is 10.3. The van der Waals surface area contributed by atoms with Crippen LogP contribution in [0.15, 0.2) is 75.6 Å². The van der Waals surface area contributed by atoms with Crippen molar-refractivity contribution in [1.29, 1.82) is 0 Å². The summed E-state index contributed by atoms with van der Waals surface area (Å²) >= 11 is 7.73. The van der Waals surface area contributed by atoms with Crippen LogP contribution in [-0.2, 0) is 18.4 Å². The van der Waals surface area contributed by atoms with Gasteiger partial charge in [0.25, 0.3) is 5.56 Å². The molecule has 4 aromatic rings. The fourth-order valence-corrected chi connectivity index (χ4v) is 3.88. The van der Waals surface area contributed by atoms with E-state index in [4.69, 9.17) is 11.6 Å². The van der Waals surface area contributed by atoms with E-state index >= 15 is 0 Å². The summed E-state index contributed by atoms with van der Waals surface area (Å²) in [5, 5.41) is 7.88. The zero-order chi connectivity index (χ0) is 20.4. The van der Waals surface area contributed by atoms with Crippen molar-refractivity contribution >= 4 is 46.0 Å². The predicted molar refractivity (Wildman–Crippen MR) is 113 cm³/mol. The Morgan fingerprint density at radius 3 is 2.69 bits per heavy atom. The number of hydrogen-bond donors (Lipinski definition) is 1. The zero-order valence-electron chi connectivity index (χ0n) is 15.4. The Hall–Kier alpha value is -3.10. The molecule has 4 rings (SSSR count). The standard InChI is InChI=1S/C20H16ClN5O2S/c1-25-19-15(10-23-25)20(28)26(12-22-19)11-18(27)24-13-6-8-14(9-7-13)29-17-5-3-2-4-16(17)21/h2-10,12H,11H2,1H3,(H,24,27). The van der Waals surface area contributed by atoms with E-state index in [1.165, 1.54) is 21.8 Å². The van der Waals surface area contributed by atoms with Gasteiger partial charge in [-0.2, -0.15) is 5.10 Å². The Bertz CT molecular complexity index is 1250. The molecular formula is C20H16ClN5O2S. The predicted octanol–water partition coefficient (Wildman–Crippen LogP) is 3.57. The lowest BCUT2D eigenvalue weighted by Gasteiger charge is -2.08. The number of anilines is 1. The number of hydrogen-bond acceptors (Lipinski definition) is 5. The van der Waals surface area contributed by atoms with Crippen molar-refractivity contribution in [2.45, 2.75) is 16.3 Å². The van der Waals surface area contributed by atoms with Gasteiger partial charge in [0.15, 0.2) is 5.65 Å². The third-order valence-corrected chi connectivity index (χ3v) is 5.76. The maximum atomic E-state index is 12.5. The molecule has 0 atom stereocenters. The molecule has 7 nitrogen and oxygen atoms in total. The molecular weight excluding hydrogens is 410 g/mol. The second-order valence-corrected chi connectivity index (χ2v) is 7.81. The lowest BCUT2D eigenvalue weighted by molar-refractivity contribution is -0.116. The molecule has 29 heavy (non-hydrogen) atoms. The molecule has 0 unspecified atom stereocenters. The number of aromatic nitrogens is 4. The van der Waals surface area contributed by atoms with E-state index in [1.54, 1.807) is 18.8 Å². The van der Waals surface area contributed by atoms with Gasteiger partial charge in [-0.15, -0.1) is 0 Å². The molecule has 0 spiro atoms. The van der Waals surface area contributed by atoms with E-state index in [9.17, 15) is 9.59 Å². The van der Waals surface area contributed by atoms with Gasteiger partial charge in [-0.25, -0.2) is 4.98 Å². The van der Waals surface area contributed by atoms with Gasteiger partial charge in [0.05, 0.1) is 11.2 Å². The summed E-state index contributed by atoms with van der Waals surface area (Å²) in [6.07, 6.45) is 2.81. The number of fused-ring (bicyclic) bond motifs is 1. The molecule has 146 valence electrons. The first kappa shape index (κ1) is 19.2. The molecule has 1 N–H and O–H groups in total. The Morgan fingerprint density at radius 1 is 1.17 bits per heavy atom. The summed E-state index contributed by atoms with van der Waals surface area (Å²) < 4.78 is 2.78. The highest BCUT2D eigenvalue weighted by Crippen LogP contribution is 2.33. The molecule has 9 heteroatoms. The largest absolute Gasteiger partial charge is 0.325 e.